The fourth-order valence-corrected chi connectivity index (χ4v) is 3.18. The number of nitrogens with zero attached hydrogens (tertiary/aromatic N) is 2. The number of carbonyl (C=O) groups is 2. The maximum absolute atomic E-state index is 12.6. The van der Waals surface area contributed by atoms with Gasteiger partial charge in [0.2, 0.25) is 11.8 Å². The summed E-state index contributed by atoms with van der Waals surface area (Å²) in [5.41, 5.74) is 0. The van der Waals surface area contributed by atoms with Gasteiger partial charge in [0.1, 0.15) is 0 Å². The van der Waals surface area contributed by atoms with Crippen LogP contribution in [0.15, 0.2) is 0 Å². The van der Waals surface area contributed by atoms with Crippen LogP contribution in [0.25, 0.3) is 0 Å². The predicted molar refractivity (Wildman–Crippen MR) is 85.5 cm³/mol. The first-order valence-corrected chi connectivity index (χ1v) is 7.92. The average Bonchev–Trinajstić information content (AvgIpc) is 2.47. The Bertz CT molecular complexity index is 365. The lowest BCUT2D eigenvalue weighted by Gasteiger charge is -2.39. The lowest BCUT2D eigenvalue weighted by Crippen LogP contribution is -2.55. The van der Waals surface area contributed by atoms with E-state index in [1.54, 1.807) is 0 Å². The number of likely N-dealkylation sites (tertiary alicyclic amines) is 1. The molecular weight excluding hydrogens is 290 g/mol. The molecule has 0 aliphatic carbocycles. The number of piperidine rings is 1. The first-order valence-electron chi connectivity index (χ1n) is 7.92. The SMILES string of the molecule is CCCC(=O)N1CCCC(C(=O)N2CCNC[C@@H]2C)C1.Cl. The molecule has 1 unspecified atom stereocenters. The molecule has 122 valence electrons. The van der Waals surface area contributed by atoms with Gasteiger partial charge in [-0.05, 0) is 26.2 Å². The van der Waals surface area contributed by atoms with Crippen molar-refractivity contribution >= 4 is 24.2 Å². The molecule has 2 amide bonds. The number of carbonyl (C=O) groups excluding carboxylic acids is 2. The lowest BCUT2D eigenvalue weighted by atomic mass is 9.95. The number of hydrogen-bond donors (Lipinski definition) is 1. The minimum atomic E-state index is 0. The normalized spacial score (nSPS) is 26.2. The van der Waals surface area contributed by atoms with E-state index in [1.807, 2.05) is 16.7 Å². The second-order valence-corrected chi connectivity index (χ2v) is 6.01. The summed E-state index contributed by atoms with van der Waals surface area (Å²) in [7, 11) is 0. The van der Waals surface area contributed by atoms with E-state index in [0.717, 1.165) is 45.4 Å². The van der Waals surface area contributed by atoms with Crippen LogP contribution in [-0.4, -0.2) is 60.4 Å². The van der Waals surface area contributed by atoms with Gasteiger partial charge in [0, 0.05) is 45.2 Å². The van der Waals surface area contributed by atoms with Crippen LogP contribution in [0.5, 0.6) is 0 Å². The van der Waals surface area contributed by atoms with Crippen LogP contribution in [0.3, 0.4) is 0 Å². The molecular formula is C15H28ClN3O2. The zero-order valence-electron chi connectivity index (χ0n) is 13.1. The Hall–Kier alpha value is -0.810. The molecule has 1 N–H and O–H groups in total. The molecule has 2 rings (SSSR count). The van der Waals surface area contributed by atoms with Gasteiger partial charge >= 0.3 is 0 Å². The minimum Gasteiger partial charge on any atom is -0.342 e. The number of nitrogens with one attached hydrogen (secondary N) is 1. The highest BCUT2D eigenvalue weighted by molar-refractivity contribution is 5.85. The molecule has 2 aliphatic heterocycles. The molecule has 5 nitrogen and oxygen atoms in total. The van der Waals surface area contributed by atoms with Crippen molar-refractivity contribution in [3.05, 3.63) is 0 Å². The van der Waals surface area contributed by atoms with Crippen molar-refractivity contribution in [1.82, 2.24) is 15.1 Å². The quantitative estimate of drug-likeness (QED) is 0.853. The van der Waals surface area contributed by atoms with Crippen molar-refractivity contribution in [2.75, 3.05) is 32.7 Å². The molecule has 0 saturated carbocycles. The van der Waals surface area contributed by atoms with E-state index in [9.17, 15) is 9.59 Å². The second kappa shape index (κ2) is 8.59. The summed E-state index contributed by atoms with van der Waals surface area (Å²) in [5.74, 6) is 0.455. The highest BCUT2D eigenvalue weighted by Gasteiger charge is 2.33. The van der Waals surface area contributed by atoms with Gasteiger partial charge in [-0.1, -0.05) is 6.92 Å². The van der Waals surface area contributed by atoms with E-state index in [0.29, 0.717) is 13.0 Å². The Morgan fingerprint density at radius 2 is 2.05 bits per heavy atom. The molecule has 0 aromatic rings. The van der Waals surface area contributed by atoms with Crippen LogP contribution in [-0.2, 0) is 9.59 Å². The monoisotopic (exact) mass is 317 g/mol. The molecule has 0 spiro atoms. The van der Waals surface area contributed by atoms with Crippen molar-refractivity contribution in [3.63, 3.8) is 0 Å². The standard InChI is InChI=1S/C15H27N3O2.ClH/c1-3-5-14(19)17-8-4-6-13(11-17)15(20)18-9-7-16-10-12(18)2;/h12-13,16H,3-11H2,1-2H3;1H/t12-,13?;/m0./s1. The van der Waals surface area contributed by atoms with Gasteiger partial charge in [-0.25, -0.2) is 0 Å². The third-order valence-electron chi connectivity index (χ3n) is 4.37. The van der Waals surface area contributed by atoms with Gasteiger partial charge in [0.15, 0.2) is 0 Å². The summed E-state index contributed by atoms with van der Waals surface area (Å²) < 4.78 is 0. The van der Waals surface area contributed by atoms with E-state index in [1.165, 1.54) is 0 Å². The third kappa shape index (κ3) is 4.58. The van der Waals surface area contributed by atoms with Crippen molar-refractivity contribution in [3.8, 4) is 0 Å². The zero-order valence-corrected chi connectivity index (χ0v) is 14.0. The van der Waals surface area contributed by atoms with Gasteiger partial charge < -0.3 is 15.1 Å². The molecule has 0 bridgehead atoms. The Balaban J connectivity index is 0.00000220. The van der Waals surface area contributed by atoms with E-state index in [-0.39, 0.29) is 36.2 Å². The smallest absolute Gasteiger partial charge is 0.227 e. The Kier molecular flexibility index (Phi) is 7.46. The molecule has 6 heteroatoms. The molecule has 0 aromatic heterocycles. The summed E-state index contributed by atoms with van der Waals surface area (Å²) in [6.07, 6.45) is 3.35. The fraction of sp³-hybridized carbons (Fsp3) is 0.867. The number of piperazine rings is 1. The Labute approximate surface area is 133 Å². The molecule has 21 heavy (non-hydrogen) atoms. The number of amides is 2. The van der Waals surface area contributed by atoms with E-state index >= 15 is 0 Å². The van der Waals surface area contributed by atoms with Crippen LogP contribution in [0.2, 0.25) is 0 Å². The highest BCUT2D eigenvalue weighted by atomic mass is 35.5. The van der Waals surface area contributed by atoms with E-state index in [4.69, 9.17) is 0 Å². The van der Waals surface area contributed by atoms with Crippen LogP contribution in [0.4, 0.5) is 0 Å². The Morgan fingerprint density at radius 1 is 1.29 bits per heavy atom. The summed E-state index contributed by atoms with van der Waals surface area (Å²) in [5, 5.41) is 3.31. The maximum atomic E-state index is 12.6. The minimum absolute atomic E-state index is 0. The summed E-state index contributed by atoms with van der Waals surface area (Å²) >= 11 is 0. The number of halogens is 1. The molecule has 0 aromatic carbocycles. The largest absolute Gasteiger partial charge is 0.342 e. The summed E-state index contributed by atoms with van der Waals surface area (Å²) in [6, 6.07) is 0.262. The van der Waals surface area contributed by atoms with Crippen LogP contribution in [0, 0.1) is 5.92 Å². The van der Waals surface area contributed by atoms with Gasteiger partial charge in [-0.2, -0.15) is 0 Å². The second-order valence-electron chi connectivity index (χ2n) is 6.01. The fourth-order valence-electron chi connectivity index (χ4n) is 3.18. The number of rotatable bonds is 3. The third-order valence-corrected chi connectivity index (χ3v) is 4.37. The van der Waals surface area contributed by atoms with Crippen molar-refractivity contribution < 1.29 is 9.59 Å². The van der Waals surface area contributed by atoms with Gasteiger partial charge in [0.05, 0.1) is 5.92 Å². The van der Waals surface area contributed by atoms with Crippen LogP contribution < -0.4 is 5.32 Å². The maximum Gasteiger partial charge on any atom is 0.227 e. The molecule has 2 aliphatic rings. The van der Waals surface area contributed by atoms with Gasteiger partial charge in [-0.3, -0.25) is 9.59 Å². The van der Waals surface area contributed by atoms with Crippen molar-refractivity contribution in [1.29, 1.82) is 0 Å². The summed E-state index contributed by atoms with van der Waals surface area (Å²) in [6.45, 7) is 8.09. The van der Waals surface area contributed by atoms with Crippen molar-refractivity contribution in [2.24, 2.45) is 5.92 Å². The van der Waals surface area contributed by atoms with E-state index < -0.39 is 0 Å². The molecule has 2 atom stereocenters. The van der Waals surface area contributed by atoms with E-state index in [2.05, 4.69) is 12.2 Å². The summed E-state index contributed by atoms with van der Waals surface area (Å²) in [4.78, 5) is 28.5. The topological polar surface area (TPSA) is 52.7 Å². The number of hydrogen-bond acceptors (Lipinski definition) is 3. The van der Waals surface area contributed by atoms with Crippen LogP contribution >= 0.6 is 12.4 Å². The zero-order chi connectivity index (χ0) is 14.5. The molecule has 2 heterocycles. The van der Waals surface area contributed by atoms with Crippen molar-refractivity contribution in [2.45, 2.75) is 45.6 Å². The first-order chi connectivity index (χ1) is 9.63. The highest BCUT2D eigenvalue weighted by Crippen LogP contribution is 2.21. The average molecular weight is 318 g/mol. The van der Waals surface area contributed by atoms with Gasteiger partial charge in [-0.15, -0.1) is 12.4 Å². The molecule has 0 radical (unpaired) electrons. The molecule has 2 fully saturated rings. The predicted octanol–water partition coefficient (Wildman–Crippen LogP) is 1.27. The van der Waals surface area contributed by atoms with Gasteiger partial charge in [0.25, 0.3) is 0 Å². The lowest BCUT2D eigenvalue weighted by molar-refractivity contribution is -0.143. The van der Waals surface area contributed by atoms with Crippen LogP contribution in [0.1, 0.15) is 39.5 Å². The Morgan fingerprint density at radius 3 is 2.71 bits per heavy atom. The molecule has 2 saturated heterocycles. The first kappa shape index (κ1) is 18.2.